The maximum atomic E-state index is 15.1. The molecule has 1 aliphatic rings. The van der Waals surface area contributed by atoms with Crippen molar-refractivity contribution in [2.24, 2.45) is 5.92 Å². The zero-order valence-corrected chi connectivity index (χ0v) is 39.5. The second-order valence-electron chi connectivity index (χ2n) is 16.8. The third-order valence-electron chi connectivity index (χ3n) is 11.9. The average molecular weight is 1020 g/mol. The summed E-state index contributed by atoms with van der Waals surface area (Å²) in [6.07, 6.45) is -15.8. The number of nitrogens with one attached hydrogen (secondary N) is 1. The molecule has 0 aromatic heterocycles. The molecule has 0 aliphatic carbocycles. The lowest BCUT2D eigenvalue weighted by molar-refractivity contribution is -0.138. The minimum absolute atomic E-state index is 0.000134. The van der Waals surface area contributed by atoms with E-state index in [1.807, 2.05) is 11.8 Å². The number of carboxylic acids is 2. The van der Waals surface area contributed by atoms with Crippen molar-refractivity contribution in [1.82, 2.24) is 9.62 Å². The smallest absolute Gasteiger partial charge is 0.416 e. The van der Waals surface area contributed by atoms with Crippen LogP contribution >= 0.6 is 0 Å². The summed E-state index contributed by atoms with van der Waals surface area (Å²) in [5.74, 6) is 1.15. The van der Waals surface area contributed by atoms with E-state index in [0.29, 0.717) is 54.8 Å². The molecule has 21 heteroatoms. The van der Waals surface area contributed by atoms with E-state index in [2.05, 4.69) is 11.2 Å². The first-order valence-electron chi connectivity index (χ1n) is 22.5. The Balaban J connectivity index is 1.39. The van der Waals surface area contributed by atoms with Gasteiger partial charge in [-0.1, -0.05) is 42.5 Å². The van der Waals surface area contributed by atoms with Crippen LogP contribution < -0.4 is 15.1 Å². The van der Waals surface area contributed by atoms with Gasteiger partial charge in [0.1, 0.15) is 0 Å². The summed E-state index contributed by atoms with van der Waals surface area (Å²) in [7, 11) is -1.93. The summed E-state index contributed by atoms with van der Waals surface area (Å²) in [6.45, 7) is 2.17. The number of nitrogens with zero attached hydrogens (tertiary/aromatic N) is 3. The number of alkyl halides is 9. The number of rotatable bonds is 25. The summed E-state index contributed by atoms with van der Waals surface area (Å²) in [4.78, 5) is 27.4. The van der Waals surface area contributed by atoms with Gasteiger partial charge < -0.3 is 34.8 Å². The number of likely N-dealkylation sites (N-methyl/N-ethyl adjacent to an activating group) is 1. The molecule has 2 unspecified atom stereocenters. The fourth-order valence-electron chi connectivity index (χ4n) is 8.31. The second-order valence-corrected chi connectivity index (χ2v) is 19.0. The summed E-state index contributed by atoms with van der Waals surface area (Å²) < 4.78 is 151. The normalized spacial score (nSPS) is 15.5. The van der Waals surface area contributed by atoms with Crippen molar-refractivity contribution in [2.75, 3.05) is 89.1 Å². The highest BCUT2D eigenvalue weighted by Crippen LogP contribution is 2.42. The zero-order chi connectivity index (χ0) is 51.4. The predicted octanol–water partition coefficient (Wildman–Crippen LogP) is 10.2. The van der Waals surface area contributed by atoms with E-state index in [0.717, 1.165) is 29.2 Å². The first-order chi connectivity index (χ1) is 32.9. The van der Waals surface area contributed by atoms with Gasteiger partial charge in [0.05, 0.1) is 57.3 Å². The van der Waals surface area contributed by atoms with Crippen LogP contribution in [0.1, 0.15) is 64.4 Å². The van der Waals surface area contributed by atoms with Gasteiger partial charge in [-0.15, -0.1) is 0 Å². The van der Waals surface area contributed by atoms with Crippen LogP contribution in [0.5, 0.6) is 0 Å². The SMILES string of the molecule is C=S(=O)(c1cc(C(=O)O)cc(N(CCC(F)(F)F)CCC(F)(F)F)c1-c1ccccc1)N1CCC(CCOCCN(CCOCC)c2cc(C(=O)O)cc(CCNC)c2-c2ccc(C(F)(F)F)cc2)C1. The lowest BCUT2D eigenvalue weighted by Crippen LogP contribution is -2.33. The highest BCUT2D eigenvalue weighted by Gasteiger charge is 2.36. The van der Waals surface area contributed by atoms with Gasteiger partial charge in [0, 0.05) is 75.0 Å². The summed E-state index contributed by atoms with van der Waals surface area (Å²) in [6, 6.07) is 17.6. The highest BCUT2D eigenvalue weighted by molar-refractivity contribution is 7.98. The molecule has 0 bridgehead atoms. The van der Waals surface area contributed by atoms with Crippen molar-refractivity contribution in [3.05, 3.63) is 101 Å². The number of hydrogen-bond acceptors (Lipinski definition) is 8. The molecule has 2 atom stereocenters. The van der Waals surface area contributed by atoms with Crippen LogP contribution in [-0.4, -0.2) is 128 Å². The molecular formula is C49H57F9N4O7S. The molecule has 11 nitrogen and oxygen atoms in total. The van der Waals surface area contributed by atoms with Gasteiger partial charge in [-0.05, 0) is 105 Å². The average Bonchev–Trinajstić information content (AvgIpc) is 3.79. The van der Waals surface area contributed by atoms with E-state index >= 15 is 4.21 Å². The third-order valence-corrected chi connectivity index (χ3v) is 14.1. The van der Waals surface area contributed by atoms with E-state index in [-0.39, 0.29) is 79.2 Å². The van der Waals surface area contributed by atoms with Crippen molar-refractivity contribution in [3.8, 4) is 22.3 Å². The van der Waals surface area contributed by atoms with Crippen LogP contribution in [0.25, 0.3) is 22.3 Å². The largest absolute Gasteiger partial charge is 0.478 e. The fourth-order valence-corrected chi connectivity index (χ4v) is 10.3. The Morgan fingerprint density at radius 2 is 1.30 bits per heavy atom. The van der Waals surface area contributed by atoms with E-state index in [1.54, 1.807) is 29.6 Å². The van der Waals surface area contributed by atoms with Crippen LogP contribution in [0.4, 0.5) is 50.9 Å². The lowest BCUT2D eigenvalue weighted by atomic mass is 9.92. The topological polar surface area (TPSA) is 132 Å². The van der Waals surface area contributed by atoms with Crippen molar-refractivity contribution >= 4 is 38.9 Å². The maximum absolute atomic E-state index is 15.1. The van der Waals surface area contributed by atoms with Gasteiger partial charge in [-0.2, -0.15) is 39.5 Å². The Kier molecular flexibility index (Phi) is 19.2. The molecule has 0 amide bonds. The van der Waals surface area contributed by atoms with E-state index in [9.17, 15) is 59.3 Å². The molecule has 384 valence electrons. The van der Waals surface area contributed by atoms with Crippen LogP contribution in [0.15, 0.2) is 83.8 Å². The quantitative estimate of drug-likeness (QED) is 0.0335. The molecule has 0 radical (unpaired) electrons. The number of anilines is 2. The molecule has 3 N–H and O–H groups in total. The Labute approximate surface area is 401 Å². The van der Waals surface area contributed by atoms with E-state index < -0.39 is 77.2 Å². The van der Waals surface area contributed by atoms with Crippen molar-refractivity contribution in [1.29, 1.82) is 0 Å². The molecule has 1 fully saturated rings. The first kappa shape index (κ1) is 55.6. The Morgan fingerprint density at radius 3 is 1.84 bits per heavy atom. The van der Waals surface area contributed by atoms with Gasteiger partial charge in [-0.3, -0.25) is 0 Å². The van der Waals surface area contributed by atoms with Crippen LogP contribution in [0.3, 0.4) is 0 Å². The highest BCUT2D eigenvalue weighted by atomic mass is 32.2. The lowest BCUT2D eigenvalue weighted by Gasteiger charge is -2.32. The monoisotopic (exact) mass is 1020 g/mol. The Hall–Kier alpha value is -5.35. The van der Waals surface area contributed by atoms with Crippen molar-refractivity contribution in [2.45, 2.75) is 62.5 Å². The van der Waals surface area contributed by atoms with Crippen molar-refractivity contribution < 1.29 is 73.0 Å². The third kappa shape index (κ3) is 15.3. The first-order valence-corrected chi connectivity index (χ1v) is 24.2. The van der Waals surface area contributed by atoms with Crippen LogP contribution in [0.2, 0.25) is 0 Å². The molecular weight excluding hydrogens is 960 g/mol. The number of carboxylic acid groups (broad SMARTS) is 2. The van der Waals surface area contributed by atoms with Crippen LogP contribution in [-0.2, 0) is 31.8 Å². The molecule has 4 aromatic carbocycles. The van der Waals surface area contributed by atoms with Gasteiger partial charge in [0.25, 0.3) is 0 Å². The number of ether oxygens (including phenoxy) is 2. The Morgan fingerprint density at radius 1 is 0.757 bits per heavy atom. The number of aromatic carboxylic acids is 2. The van der Waals surface area contributed by atoms with E-state index in [4.69, 9.17) is 9.47 Å². The number of benzene rings is 4. The molecule has 0 spiro atoms. The van der Waals surface area contributed by atoms with Crippen LogP contribution in [0, 0.1) is 5.92 Å². The molecule has 0 saturated carbocycles. The van der Waals surface area contributed by atoms with Gasteiger partial charge >= 0.3 is 30.5 Å². The molecule has 1 saturated heterocycles. The summed E-state index contributed by atoms with van der Waals surface area (Å²) in [5.41, 5.74) is 0.714. The number of halogens is 9. The molecule has 4 aromatic rings. The van der Waals surface area contributed by atoms with Gasteiger partial charge in [0.15, 0.2) is 0 Å². The zero-order valence-electron chi connectivity index (χ0n) is 38.7. The molecule has 1 aliphatic heterocycles. The van der Waals surface area contributed by atoms with Crippen molar-refractivity contribution in [3.63, 3.8) is 0 Å². The minimum atomic E-state index is -4.76. The second kappa shape index (κ2) is 24.2. The van der Waals surface area contributed by atoms with E-state index in [1.165, 1.54) is 36.4 Å². The maximum Gasteiger partial charge on any atom is 0.416 e. The summed E-state index contributed by atoms with van der Waals surface area (Å²) >= 11 is 0. The minimum Gasteiger partial charge on any atom is -0.478 e. The fraction of sp³-hybridized carbons (Fsp3) is 0.449. The molecule has 1 heterocycles. The van der Waals surface area contributed by atoms with Gasteiger partial charge in [0.2, 0.25) is 0 Å². The molecule has 70 heavy (non-hydrogen) atoms. The predicted molar refractivity (Wildman–Crippen MR) is 251 cm³/mol. The van der Waals surface area contributed by atoms with Gasteiger partial charge in [-0.25, -0.2) is 18.1 Å². The number of carbonyl (C=O) groups is 2. The Bertz CT molecular complexity index is 2470. The molecule has 5 rings (SSSR count). The standard InChI is InChI=1S/C49H57F9N4O7S/c1-4-68-26-23-61(40-29-37(45(63)64)28-36(14-19-59-2)43(40)35-10-12-39(13-11-35)49(56,57)58)24-27-69-25-16-33-15-20-62(32-33)70(3,67)42-31-38(46(65)66)30-41(44(42)34-8-6-5-7-9-34)60(21-17-47(50,51)52)22-18-48(53,54)55/h5-13,28-31,33,59H,3-4,14-27,32H2,1-2H3,(H,63,64)(H,65,66). The summed E-state index contributed by atoms with van der Waals surface area (Å²) in [5, 5.41) is 23.3. The number of hydrogen-bond donors (Lipinski definition) is 3.